The third-order valence-corrected chi connectivity index (χ3v) is 9.90. The lowest BCUT2D eigenvalue weighted by molar-refractivity contribution is -0.245. The highest BCUT2D eigenvalue weighted by atomic mass is 32.2. The van der Waals surface area contributed by atoms with Crippen LogP contribution in [0.2, 0.25) is 0 Å². The molecule has 6 aromatic rings. The number of para-hydroxylation sites is 1. The quantitative estimate of drug-likeness (QED) is 0.110. The molecule has 0 saturated carbocycles. The number of ether oxygens (including phenoxy) is 3. The van der Waals surface area contributed by atoms with E-state index >= 15 is 0 Å². The summed E-state index contributed by atoms with van der Waals surface area (Å²) in [5, 5.41) is 15.4. The molecule has 6 aromatic carbocycles. The van der Waals surface area contributed by atoms with Crippen molar-refractivity contribution in [1.29, 1.82) is 0 Å². The van der Waals surface area contributed by atoms with Gasteiger partial charge in [-0.05, 0) is 88.5 Å². The SMILES string of the molecule is O=C(NCc1cccc(-c2cccc([C@H]3O[C@@H](CSc4ccccc4)C[C@@H](c4ccc(CO)cc4)O3)c2)c1)Nc1ccc(Oc2ccccc2)cc1. The molecular formula is C44H40N2O5S. The first-order chi connectivity index (χ1) is 25.6. The number of aliphatic hydroxyl groups excluding tert-OH is 1. The van der Waals surface area contributed by atoms with Gasteiger partial charge in [0.1, 0.15) is 11.5 Å². The summed E-state index contributed by atoms with van der Waals surface area (Å²) in [6.07, 6.45) is -0.00978. The molecule has 1 fully saturated rings. The van der Waals surface area contributed by atoms with Crippen molar-refractivity contribution >= 4 is 23.5 Å². The van der Waals surface area contributed by atoms with Crippen molar-refractivity contribution in [2.75, 3.05) is 11.1 Å². The summed E-state index contributed by atoms with van der Waals surface area (Å²) < 4.78 is 19.1. The Morgan fingerprint density at radius 1 is 0.692 bits per heavy atom. The van der Waals surface area contributed by atoms with E-state index in [1.807, 2.05) is 109 Å². The minimum absolute atomic E-state index is 0.00557. The van der Waals surface area contributed by atoms with Crippen molar-refractivity contribution in [3.63, 3.8) is 0 Å². The van der Waals surface area contributed by atoms with Gasteiger partial charge in [0.05, 0.1) is 18.8 Å². The van der Waals surface area contributed by atoms with Gasteiger partial charge in [-0.2, -0.15) is 0 Å². The number of carbonyl (C=O) groups excluding carboxylic acids is 1. The predicted octanol–water partition coefficient (Wildman–Crippen LogP) is 10.3. The van der Waals surface area contributed by atoms with Crippen LogP contribution in [0.4, 0.5) is 10.5 Å². The number of amides is 2. The summed E-state index contributed by atoms with van der Waals surface area (Å²) in [6, 6.07) is 51.3. The first-order valence-corrected chi connectivity index (χ1v) is 18.3. The van der Waals surface area contributed by atoms with Gasteiger partial charge in [0.2, 0.25) is 0 Å². The molecule has 262 valence electrons. The molecule has 0 bridgehead atoms. The number of carbonyl (C=O) groups is 1. The zero-order valence-electron chi connectivity index (χ0n) is 28.6. The number of rotatable bonds is 12. The van der Waals surface area contributed by atoms with Gasteiger partial charge in [0, 0.05) is 34.9 Å². The highest BCUT2D eigenvalue weighted by Crippen LogP contribution is 2.40. The van der Waals surface area contributed by atoms with Gasteiger partial charge in [-0.25, -0.2) is 4.79 Å². The predicted molar refractivity (Wildman–Crippen MR) is 206 cm³/mol. The fourth-order valence-corrected chi connectivity index (χ4v) is 6.99. The van der Waals surface area contributed by atoms with Gasteiger partial charge in [-0.1, -0.05) is 97.1 Å². The lowest BCUT2D eigenvalue weighted by Crippen LogP contribution is -2.31. The minimum Gasteiger partial charge on any atom is -0.457 e. The molecule has 3 N–H and O–H groups in total. The lowest BCUT2D eigenvalue weighted by Gasteiger charge is -2.36. The van der Waals surface area contributed by atoms with Crippen LogP contribution < -0.4 is 15.4 Å². The molecule has 0 aliphatic carbocycles. The number of hydrogen-bond donors (Lipinski definition) is 3. The van der Waals surface area contributed by atoms with Gasteiger partial charge in [-0.3, -0.25) is 0 Å². The van der Waals surface area contributed by atoms with Crippen LogP contribution in [0.15, 0.2) is 163 Å². The normalized spacial score (nSPS) is 16.9. The molecule has 1 saturated heterocycles. The van der Waals surface area contributed by atoms with Crippen LogP contribution in [0.3, 0.4) is 0 Å². The summed E-state index contributed by atoms with van der Waals surface area (Å²) in [4.78, 5) is 14.0. The second kappa shape index (κ2) is 17.2. The van der Waals surface area contributed by atoms with E-state index in [1.54, 1.807) is 11.8 Å². The van der Waals surface area contributed by atoms with Crippen LogP contribution in [0.25, 0.3) is 11.1 Å². The number of aliphatic hydroxyl groups is 1. The molecule has 7 rings (SSSR count). The van der Waals surface area contributed by atoms with E-state index in [9.17, 15) is 9.90 Å². The molecule has 1 aliphatic heterocycles. The average Bonchev–Trinajstić information content (AvgIpc) is 3.21. The smallest absolute Gasteiger partial charge is 0.319 e. The first kappa shape index (κ1) is 35.0. The standard InChI is InChI=1S/C44H40N2O5S/c47-29-31-17-19-33(20-18-31)42-27-40(30-52-41-15-5-2-6-16-41)50-43(51-42)36-12-8-11-35(26-36)34-10-7-9-32(25-34)28-45-44(48)46-37-21-23-39(24-22-37)49-38-13-3-1-4-14-38/h1-26,40,42-43,47H,27-30H2,(H2,45,46,48)/t40-,42+,43+/m1/s1. The van der Waals surface area contributed by atoms with Crippen LogP contribution in [0.1, 0.15) is 41.1 Å². The summed E-state index contributed by atoms with van der Waals surface area (Å²) in [7, 11) is 0. The summed E-state index contributed by atoms with van der Waals surface area (Å²) in [6.45, 7) is 0.368. The van der Waals surface area contributed by atoms with E-state index < -0.39 is 6.29 Å². The van der Waals surface area contributed by atoms with E-state index in [0.717, 1.165) is 51.3 Å². The molecule has 1 heterocycles. The average molecular weight is 709 g/mol. The van der Waals surface area contributed by atoms with Crippen molar-refractivity contribution in [3.05, 3.63) is 180 Å². The van der Waals surface area contributed by atoms with Gasteiger partial charge in [-0.15, -0.1) is 11.8 Å². The molecule has 0 radical (unpaired) electrons. The Bertz CT molecular complexity index is 2040. The molecule has 0 aromatic heterocycles. The number of hydrogen-bond acceptors (Lipinski definition) is 6. The van der Waals surface area contributed by atoms with E-state index in [2.05, 4.69) is 59.2 Å². The Morgan fingerprint density at radius 3 is 2.13 bits per heavy atom. The minimum atomic E-state index is -0.551. The highest BCUT2D eigenvalue weighted by Gasteiger charge is 2.32. The number of anilines is 1. The second-order valence-corrected chi connectivity index (χ2v) is 13.6. The number of benzene rings is 6. The topological polar surface area (TPSA) is 89.1 Å². The maximum atomic E-state index is 12.8. The van der Waals surface area contributed by atoms with Crippen molar-refractivity contribution in [1.82, 2.24) is 5.32 Å². The van der Waals surface area contributed by atoms with Gasteiger partial charge >= 0.3 is 6.03 Å². The number of urea groups is 1. The molecular weight excluding hydrogens is 669 g/mol. The lowest BCUT2D eigenvalue weighted by atomic mass is 9.99. The Hall–Kier alpha value is -5.38. The number of nitrogens with one attached hydrogen (secondary N) is 2. The molecule has 52 heavy (non-hydrogen) atoms. The molecule has 8 heteroatoms. The van der Waals surface area contributed by atoms with E-state index in [-0.39, 0.29) is 24.8 Å². The molecule has 2 amide bonds. The van der Waals surface area contributed by atoms with E-state index in [4.69, 9.17) is 14.2 Å². The van der Waals surface area contributed by atoms with Gasteiger partial charge in [0.15, 0.2) is 6.29 Å². The third-order valence-electron chi connectivity index (χ3n) is 8.76. The van der Waals surface area contributed by atoms with Crippen LogP contribution in [0, 0.1) is 0 Å². The summed E-state index contributed by atoms with van der Waals surface area (Å²) >= 11 is 1.78. The van der Waals surface area contributed by atoms with E-state index in [1.165, 1.54) is 4.90 Å². The second-order valence-electron chi connectivity index (χ2n) is 12.5. The first-order valence-electron chi connectivity index (χ1n) is 17.3. The van der Waals surface area contributed by atoms with E-state index in [0.29, 0.717) is 18.0 Å². The van der Waals surface area contributed by atoms with Crippen LogP contribution in [-0.4, -0.2) is 23.0 Å². The molecule has 3 atom stereocenters. The van der Waals surface area contributed by atoms with Crippen molar-refractivity contribution in [2.45, 2.75) is 43.0 Å². The largest absolute Gasteiger partial charge is 0.457 e. The highest BCUT2D eigenvalue weighted by molar-refractivity contribution is 7.99. The zero-order valence-corrected chi connectivity index (χ0v) is 29.4. The number of thioether (sulfide) groups is 1. The van der Waals surface area contributed by atoms with Crippen molar-refractivity contribution in [2.24, 2.45) is 0 Å². The van der Waals surface area contributed by atoms with Gasteiger partial charge < -0.3 is 30.0 Å². The van der Waals surface area contributed by atoms with Crippen LogP contribution in [-0.2, 0) is 22.6 Å². The van der Waals surface area contributed by atoms with Crippen LogP contribution in [0.5, 0.6) is 11.5 Å². The summed E-state index contributed by atoms with van der Waals surface area (Å²) in [5.74, 6) is 2.24. The van der Waals surface area contributed by atoms with Crippen LogP contribution >= 0.6 is 11.8 Å². The maximum absolute atomic E-state index is 12.8. The third kappa shape index (κ3) is 9.48. The monoisotopic (exact) mass is 708 g/mol. The van der Waals surface area contributed by atoms with Gasteiger partial charge in [0.25, 0.3) is 0 Å². The Morgan fingerprint density at radius 2 is 1.38 bits per heavy atom. The fourth-order valence-electron chi connectivity index (χ4n) is 6.04. The zero-order chi connectivity index (χ0) is 35.5. The maximum Gasteiger partial charge on any atom is 0.319 e. The molecule has 1 aliphatic rings. The molecule has 0 spiro atoms. The Balaban J connectivity index is 0.999. The Labute approximate surface area is 308 Å². The summed E-state index contributed by atoms with van der Waals surface area (Å²) in [5.41, 5.74) is 6.56. The molecule has 7 nitrogen and oxygen atoms in total. The van der Waals surface area contributed by atoms with Crippen molar-refractivity contribution in [3.8, 4) is 22.6 Å². The Kier molecular flexibility index (Phi) is 11.6. The van der Waals surface area contributed by atoms with Crippen molar-refractivity contribution < 1.29 is 24.1 Å². The fraction of sp³-hybridized carbons (Fsp3) is 0.159. The molecule has 0 unspecified atom stereocenters.